The lowest BCUT2D eigenvalue weighted by Crippen LogP contribution is -2.49. The number of tetrazole rings is 1. The first kappa shape index (κ1) is 16.2. The highest BCUT2D eigenvalue weighted by Gasteiger charge is 2.53. The van der Waals surface area contributed by atoms with Crippen molar-refractivity contribution in [2.45, 2.75) is 30.8 Å². The number of rotatable bonds is 5. The fraction of sp³-hybridized carbons (Fsp3) is 0.529. The van der Waals surface area contributed by atoms with E-state index in [1.807, 2.05) is 29.2 Å². The van der Waals surface area contributed by atoms with Crippen LogP contribution in [0.5, 0.6) is 0 Å². The van der Waals surface area contributed by atoms with Crippen LogP contribution in [-0.4, -0.2) is 68.9 Å². The van der Waals surface area contributed by atoms with Gasteiger partial charge in [-0.2, -0.15) is 5.21 Å². The van der Waals surface area contributed by atoms with Gasteiger partial charge in [0.25, 0.3) is 0 Å². The molecule has 1 aromatic heterocycles. The number of nitrogens with one attached hydrogen (secondary N) is 1. The van der Waals surface area contributed by atoms with Crippen molar-refractivity contribution in [3.05, 3.63) is 29.8 Å². The molecule has 2 heterocycles. The van der Waals surface area contributed by atoms with Gasteiger partial charge in [-0.15, -0.1) is 10.2 Å². The van der Waals surface area contributed by atoms with Gasteiger partial charge in [-0.05, 0) is 30.0 Å². The van der Waals surface area contributed by atoms with Crippen molar-refractivity contribution in [3.8, 4) is 11.4 Å². The molecule has 1 aromatic carbocycles. The zero-order valence-electron chi connectivity index (χ0n) is 13.9. The number of aliphatic hydroxyl groups is 1. The summed E-state index contributed by atoms with van der Waals surface area (Å²) < 4.78 is 5.62. The van der Waals surface area contributed by atoms with Crippen LogP contribution in [0.15, 0.2) is 24.3 Å². The summed E-state index contributed by atoms with van der Waals surface area (Å²) in [5.74, 6) is 0.716. The summed E-state index contributed by atoms with van der Waals surface area (Å²) in [6.07, 6.45) is 2.24. The maximum Gasteiger partial charge on any atom is 0.233 e. The average molecular weight is 343 g/mol. The number of hydrogen-bond donors (Lipinski definition) is 2. The van der Waals surface area contributed by atoms with Gasteiger partial charge in [-0.25, -0.2) is 0 Å². The monoisotopic (exact) mass is 343 g/mol. The number of ether oxygens (including phenoxy) is 1. The zero-order valence-corrected chi connectivity index (χ0v) is 13.9. The predicted octanol–water partition coefficient (Wildman–Crippen LogP) is 0.508. The van der Waals surface area contributed by atoms with Gasteiger partial charge < -0.3 is 14.7 Å². The number of aromatic amines is 1. The number of carbonyl (C=O) groups is 1. The molecule has 1 aliphatic heterocycles. The molecule has 0 spiro atoms. The van der Waals surface area contributed by atoms with Crippen LogP contribution in [0.4, 0.5) is 0 Å². The summed E-state index contributed by atoms with van der Waals surface area (Å²) in [7, 11) is 0. The minimum atomic E-state index is -0.406. The van der Waals surface area contributed by atoms with Crippen molar-refractivity contribution in [3.63, 3.8) is 0 Å². The van der Waals surface area contributed by atoms with E-state index in [4.69, 9.17) is 9.84 Å². The Labute approximate surface area is 145 Å². The number of aliphatic hydroxyl groups excluding tert-OH is 1. The number of H-pyrrole nitrogens is 1. The fourth-order valence-electron chi connectivity index (χ4n) is 3.50. The standard InChI is InChI=1S/C17H21N5O3/c23-9-5-14-11-22(8-10-25-14)16(24)17(6-7-17)13-3-1-12(2-4-13)15-18-20-21-19-15/h1-4,14,23H,5-11H2,(H,18,19,20,21). The smallest absolute Gasteiger partial charge is 0.233 e. The van der Waals surface area contributed by atoms with Crippen molar-refractivity contribution in [1.29, 1.82) is 0 Å². The van der Waals surface area contributed by atoms with Crippen LogP contribution in [-0.2, 0) is 14.9 Å². The molecule has 1 atom stereocenters. The summed E-state index contributed by atoms with van der Waals surface area (Å²) in [4.78, 5) is 15.0. The average Bonchev–Trinajstić information content (AvgIpc) is 3.28. The number of benzene rings is 1. The number of morpholine rings is 1. The molecule has 1 saturated carbocycles. The maximum atomic E-state index is 13.1. The van der Waals surface area contributed by atoms with E-state index in [9.17, 15) is 4.79 Å². The van der Waals surface area contributed by atoms with Crippen LogP contribution >= 0.6 is 0 Å². The normalized spacial score (nSPS) is 22.0. The second-order valence-electron chi connectivity index (χ2n) is 6.65. The van der Waals surface area contributed by atoms with Crippen molar-refractivity contribution < 1.29 is 14.6 Å². The van der Waals surface area contributed by atoms with Crippen LogP contribution in [0.1, 0.15) is 24.8 Å². The molecule has 1 saturated heterocycles. The Balaban J connectivity index is 1.50. The van der Waals surface area contributed by atoms with Crippen LogP contribution in [0.25, 0.3) is 11.4 Å². The van der Waals surface area contributed by atoms with Gasteiger partial charge in [0, 0.05) is 25.3 Å². The molecule has 2 fully saturated rings. The SMILES string of the molecule is O=C(N1CCOC(CCO)C1)C1(c2ccc(-c3nn[nH]n3)cc2)CC1. The third kappa shape index (κ3) is 3.03. The molecule has 4 rings (SSSR count). The highest BCUT2D eigenvalue weighted by Crippen LogP contribution is 2.50. The Morgan fingerprint density at radius 2 is 2.16 bits per heavy atom. The van der Waals surface area contributed by atoms with E-state index in [0.717, 1.165) is 24.0 Å². The molecule has 2 N–H and O–H groups in total. The lowest BCUT2D eigenvalue weighted by molar-refractivity contribution is -0.142. The molecule has 0 radical (unpaired) electrons. The van der Waals surface area contributed by atoms with Gasteiger partial charge in [-0.3, -0.25) is 4.79 Å². The molecule has 1 aliphatic carbocycles. The lowest BCUT2D eigenvalue weighted by atomic mass is 9.93. The Hall–Kier alpha value is -2.32. The highest BCUT2D eigenvalue weighted by molar-refractivity contribution is 5.91. The predicted molar refractivity (Wildman–Crippen MR) is 88.5 cm³/mol. The molecule has 8 nitrogen and oxygen atoms in total. The van der Waals surface area contributed by atoms with Crippen molar-refractivity contribution in [2.75, 3.05) is 26.3 Å². The Morgan fingerprint density at radius 1 is 1.36 bits per heavy atom. The summed E-state index contributed by atoms with van der Waals surface area (Å²) in [6.45, 7) is 1.78. The third-order valence-electron chi connectivity index (χ3n) is 5.08. The summed E-state index contributed by atoms with van der Waals surface area (Å²) in [5.41, 5.74) is 1.50. The number of nitrogens with zero attached hydrogens (tertiary/aromatic N) is 4. The quantitative estimate of drug-likeness (QED) is 0.820. The van der Waals surface area contributed by atoms with E-state index in [-0.39, 0.29) is 18.6 Å². The van der Waals surface area contributed by atoms with Crippen molar-refractivity contribution >= 4 is 5.91 Å². The number of aromatic nitrogens is 4. The fourth-order valence-corrected chi connectivity index (χ4v) is 3.50. The largest absolute Gasteiger partial charge is 0.396 e. The molecule has 25 heavy (non-hydrogen) atoms. The van der Waals surface area contributed by atoms with E-state index in [1.165, 1.54) is 0 Å². The zero-order chi connectivity index (χ0) is 17.3. The molecular formula is C17H21N5O3. The van der Waals surface area contributed by atoms with E-state index in [1.54, 1.807) is 0 Å². The maximum absolute atomic E-state index is 13.1. The second kappa shape index (κ2) is 6.53. The Kier molecular flexibility index (Phi) is 4.22. The first-order chi connectivity index (χ1) is 12.2. The van der Waals surface area contributed by atoms with Gasteiger partial charge in [0.2, 0.25) is 11.7 Å². The summed E-state index contributed by atoms with van der Waals surface area (Å²) >= 11 is 0. The Bertz CT molecular complexity index is 725. The summed E-state index contributed by atoms with van der Waals surface area (Å²) in [5, 5.41) is 23.0. The first-order valence-electron chi connectivity index (χ1n) is 8.59. The van der Waals surface area contributed by atoms with Gasteiger partial charge in [0.15, 0.2) is 0 Å². The van der Waals surface area contributed by atoms with E-state index in [2.05, 4.69) is 20.6 Å². The minimum Gasteiger partial charge on any atom is -0.396 e. The highest BCUT2D eigenvalue weighted by atomic mass is 16.5. The number of amides is 1. The number of hydrogen-bond acceptors (Lipinski definition) is 6. The van der Waals surface area contributed by atoms with E-state index < -0.39 is 5.41 Å². The van der Waals surface area contributed by atoms with Crippen LogP contribution in [0, 0.1) is 0 Å². The molecule has 2 aromatic rings. The van der Waals surface area contributed by atoms with Gasteiger partial charge in [-0.1, -0.05) is 24.3 Å². The topological polar surface area (TPSA) is 104 Å². The molecule has 1 unspecified atom stereocenters. The molecule has 2 aliphatic rings. The van der Waals surface area contributed by atoms with Gasteiger partial charge >= 0.3 is 0 Å². The molecule has 132 valence electrons. The van der Waals surface area contributed by atoms with Gasteiger partial charge in [0.05, 0.1) is 18.1 Å². The minimum absolute atomic E-state index is 0.0703. The lowest BCUT2D eigenvalue weighted by Gasteiger charge is -2.35. The second-order valence-corrected chi connectivity index (χ2v) is 6.65. The van der Waals surface area contributed by atoms with Gasteiger partial charge in [0.1, 0.15) is 0 Å². The first-order valence-corrected chi connectivity index (χ1v) is 8.59. The van der Waals surface area contributed by atoms with Crippen molar-refractivity contribution in [2.24, 2.45) is 0 Å². The van der Waals surface area contributed by atoms with E-state index >= 15 is 0 Å². The molecule has 0 bridgehead atoms. The van der Waals surface area contributed by atoms with E-state index in [0.29, 0.717) is 31.9 Å². The Morgan fingerprint density at radius 3 is 2.80 bits per heavy atom. The number of carbonyl (C=O) groups excluding carboxylic acids is 1. The molecule has 8 heteroatoms. The summed E-state index contributed by atoms with van der Waals surface area (Å²) in [6, 6.07) is 7.84. The molecule has 1 amide bonds. The van der Waals surface area contributed by atoms with Crippen LogP contribution in [0.3, 0.4) is 0 Å². The third-order valence-corrected chi connectivity index (χ3v) is 5.08. The van der Waals surface area contributed by atoms with Crippen LogP contribution in [0.2, 0.25) is 0 Å². The molecular weight excluding hydrogens is 322 g/mol. The van der Waals surface area contributed by atoms with Crippen LogP contribution < -0.4 is 0 Å². The van der Waals surface area contributed by atoms with Crippen molar-refractivity contribution in [1.82, 2.24) is 25.5 Å².